The van der Waals surface area contributed by atoms with Crippen LogP contribution in [-0.4, -0.2) is 89.5 Å². The molecule has 3 atom stereocenters. The summed E-state index contributed by atoms with van der Waals surface area (Å²) in [5.41, 5.74) is 2.13. The first-order valence-corrected chi connectivity index (χ1v) is 14.2. The highest BCUT2D eigenvalue weighted by molar-refractivity contribution is 5.79. The number of aliphatic carboxylic acids is 1. The van der Waals surface area contributed by atoms with E-state index in [1.54, 1.807) is 0 Å². The lowest BCUT2D eigenvalue weighted by molar-refractivity contribution is -0.144. The molecule has 2 fully saturated rings. The number of nitrogens with zero attached hydrogens (tertiary/aromatic N) is 3. The predicted molar refractivity (Wildman–Crippen MR) is 142 cm³/mol. The maximum absolute atomic E-state index is 13.5. The first-order chi connectivity index (χ1) is 17.9. The van der Waals surface area contributed by atoms with Crippen LogP contribution in [0.3, 0.4) is 0 Å². The van der Waals surface area contributed by atoms with Crippen LogP contribution in [-0.2, 0) is 20.8 Å². The third-order valence-corrected chi connectivity index (χ3v) is 8.30. The number of ether oxygens (including phenoxy) is 1. The Hall–Kier alpha value is -2.61. The van der Waals surface area contributed by atoms with E-state index in [0.717, 1.165) is 75.0 Å². The second-order valence-electron chi connectivity index (χ2n) is 10.8. The van der Waals surface area contributed by atoms with E-state index in [-0.39, 0.29) is 30.3 Å². The van der Waals surface area contributed by atoms with E-state index in [1.165, 1.54) is 0 Å². The van der Waals surface area contributed by atoms with Crippen LogP contribution in [0.1, 0.15) is 75.8 Å². The van der Waals surface area contributed by atoms with Gasteiger partial charge in [0.1, 0.15) is 5.75 Å². The highest BCUT2D eigenvalue weighted by Crippen LogP contribution is 2.41. The minimum atomic E-state index is -0.830. The van der Waals surface area contributed by atoms with Crippen LogP contribution >= 0.6 is 0 Å². The van der Waals surface area contributed by atoms with Crippen molar-refractivity contribution in [3.8, 4) is 5.75 Å². The molecule has 1 aromatic carbocycles. The van der Waals surface area contributed by atoms with Gasteiger partial charge < -0.3 is 19.6 Å². The minimum Gasteiger partial charge on any atom is -0.493 e. The predicted octanol–water partition coefficient (Wildman–Crippen LogP) is 3.53. The number of carboxylic acid groups (broad SMARTS) is 1. The van der Waals surface area contributed by atoms with Crippen LogP contribution in [0.2, 0.25) is 0 Å². The maximum atomic E-state index is 13.5. The Kier molecular flexibility index (Phi) is 9.46. The van der Waals surface area contributed by atoms with E-state index in [0.29, 0.717) is 32.5 Å². The number of rotatable bonds is 13. The van der Waals surface area contributed by atoms with E-state index in [9.17, 15) is 19.5 Å². The molecule has 0 bridgehead atoms. The third-order valence-electron chi connectivity index (χ3n) is 8.30. The second kappa shape index (κ2) is 12.8. The van der Waals surface area contributed by atoms with Gasteiger partial charge in [0.05, 0.1) is 19.1 Å². The summed E-state index contributed by atoms with van der Waals surface area (Å²) >= 11 is 0. The van der Waals surface area contributed by atoms with Gasteiger partial charge in [-0.25, -0.2) is 0 Å². The number of benzene rings is 1. The Morgan fingerprint density at radius 3 is 2.54 bits per heavy atom. The van der Waals surface area contributed by atoms with E-state index in [4.69, 9.17) is 4.74 Å². The van der Waals surface area contributed by atoms with Gasteiger partial charge in [-0.15, -0.1) is 0 Å². The second-order valence-corrected chi connectivity index (χ2v) is 10.8. The van der Waals surface area contributed by atoms with Crippen LogP contribution < -0.4 is 4.74 Å². The molecule has 3 heterocycles. The summed E-state index contributed by atoms with van der Waals surface area (Å²) < 4.78 is 5.67. The Labute approximate surface area is 220 Å². The summed E-state index contributed by atoms with van der Waals surface area (Å²) in [6.45, 7) is 8.42. The molecule has 4 rings (SSSR count). The fourth-order valence-electron chi connectivity index (χ4n) is 6.19. The number of hydrogen-bond donors (Lipinski definition) is 1. The highest BCUT2D eigenvalue weighted by atomic mass is 16.5. The van der Waals surface area contributed by atoms with Crippen LogP contribution in [0.4, 0.5) is 0 Å². The molecule has 8 nitrogen and oxygen atoms in total. The smallest absolute Gasteiger partial charge is 0.308 e. The number of carboxylic acids is 1. The normalized spacial score (nSPS) is 23.4. The molecule has 0 aromatic heterocycles. The van der Waals surface area contributed by atoms with Crippen LogP contribution in [0.5, 0.6) is 5.75 Å². The number of amides is 2. The summed E-state index contributed by atoms with van der Waals surface area (Å²) in [4.78, 5) is 44.4. The molecule has 1 N–H and O–H groups in total. The average Bonchev–Trinajstić information content (AvgIpc) is 3.60. The van der Waals surface area contributed by atoms with Crippen LogP contribution in [0.15, 0.2) is 18.2 Å². The molecule has 0 saturated carbocycles. The number of unbranched alkanes of at least 4 members (excludes halogenated alkanes) is 2. The number of hydrogen-bond acceptors (Lipinski definition) is 5. The lowest BCUT2D eigenvalue weighted by Crippen LogP contribution is -2.45. The maximum Gasteiger partial charge on any atom is 0.308 e. The fraction of sp³-hybridized carbons (Fsp3) is 0.690. The number of carbonyl (C=O) groups is 3. The fourth-order valence-corrected chi connectivity index (χ4v) is 6.19. The Morgan fingerprint density at radius 2 is 1.89 bits per heavy atom. The first kappa shape index (κ1) is 27.4. The topological polar surface area (TPSA) is 90.4 Å². The number of carbonyl (C=O) groups excluding carboxylic acids is 2. The molecule has 1 aromatic rings. The molecule has 2 saturated heterocycles. The van der Waals surface area contributed by atoms with Gasteiger partial charge in [-0.3, -0.25) is 19.3 Å². The van der Waals surface area contributed by atoms with Crippen molar-refractivity contribution in [3.05, 3.63) is 29.3 Å². The van der Waals surface area contributed by atoms with Gasteiger partial charge in [-0.05, 0) is 42.9 Å². The summed E-state index contributed by atoms with van der Waals surface area (Å²) in [5.74, 6) is -0.569. The van der Waals surface area contributed by atoms with Crippen molar-refractivity contribution in [3.63, 3.8) is 0 Å². The molecule has 2 amide bonds. The molecule has 0 radical (unpaired) electrons. The van der Waals surface area contributed by atoms with Gasteiger partial charge in [-0.1, -0.05) is 38.8 Å². The molecule has 0 aliphatic carbocycles. The molecule has 3 aliphatic rings. The highest BCUT2D eigenvalue weighted by Gasteiger charge is 2.47. The van der Waals surface area contributed by atoms with E-state index >= 15 is 0 Å². The van der Waals surface area contributed by atoms with Crippen LogP contribution in [0.25, 0.3) is 0 Å². The largest absolute Gasteiger partial charge is 0.493 e. The molecular weight excluding hydrogens is 470 g/mol. The van der Waals surface area contributed by atoms with Crippen molar-refractivity contribution in [2.75, 3.05) is 45.9 Å². The van der Waals surface area contributed by atoms with E-state index in [2.05, 4.69) is 24.8 Å². The van der Waals surface area contributed by atoms with Crippen LogP contribution in [0, 0.1) is 5.92 Å². The molecule has 0 unspecified atom stereocenters. The molecule has 8 heteroatoms. The van der Waals surface area contributed by atoms with Crippen molar-refractivity contribution in [1.29, 1.82) is 0 Å². The van der Waals surface area contributed by atoms with Gasteiger partial charge in [0.25, 0.3) is 0 Å². The standard InChI is InChI=1S/C29H43N3O5/c1-3-5-13-30(14-6-4-2)27(34)20-32-19-23(21-9-10-25-22(18-21)12-17-37-25)28(29(35)36)24(32)11-16-31-15-7-8-26(31)33/h9-10,18,23-24,28H,3-8,11-17,19-20H2,1-2H3,(H,35,36)/t23-,24+,28-/m1/s1. The van der Waals surface area contributed by atoms with Crippen molar-refractivity contribution >= 4 is 17.8 Å². The lowest BCUT2D eigenvalue weighted by Gasteiger charge is -2.30. The van der Waals surface area contributed by atoms with Crippen molar-refractivity contribution in [1.82, 2.24) is 14.7 Å². The van der Waals surface area contributed by atoms with Gasteiger partial charge in [-0.2, -0.15) is 0 Å². The molecular formula is C29H43N3O5. The average molecular weight is 514 g/mol. The Balaban J connectivity index is 1.57. The summed E-state index contributed by atoms with van der Waals surface area (Å²) in [6.07, 6.45) is 6.80. The summed E-state index contributed by atoms with van der Waals surface area (Å²) in [6, 6.07) is 5.75. The molecule has 3 aliphatic heterocycles. The summed E-state index contributed by atoms with van der Waals surface area (Å²) in [7, 11) is 0. The molecule has 37 heavy (non-hydrogen) atoms. The van der Waals surface area contributed by atoms with E-state index in [1.807, 2.05) is 21.9 Å². The third kappa shape index (κ3) is 6.46. The molecule has 0 spiro atoms. The van der Waals surface area contributed by atoms with Crippen molar-refractivity contribution in [2.45, 2.75) is 77.2 Å². The Bertz CT molecular complexity index is 959. The number of fused-ring (bicyclic) bond motifs is 1. The summed E-state index contributed by atoms with van der Waals surface area (Å²) in [5, 5.41) is 10.4. The lowest BCUT2D eigenvalue weighted by atomic mass is 9.83. The van der Waals surface area contributed by atoms with Gasteiger partial charge in [0.2, 0.25) is 11.8 Å². The zero-order valence-electron chi connectivity index (χ0n) is 22.5. The molecule has 204 valence electrons. The zero-order valence-corrected chi connectivity index (χ0v) is 22.5. The van der Waals surface area contributed by atoms with Gasteiger partial charge in [0, 0.05) is 57.5 Å². The first-order valence-electron chi connectivity index (χ1n) is 14.2. The quantitative estimate of drug-likeness (QED) is 0.434. The minimum absolute atomic E-state index is 0.0799. The van der Waals surface area contributed by atoms with E-state index < -0.39 is 11.9 Å². The van der Waals surface area contributed by atoms with Gasteiger partial charge >= 0.3 is 5.97 Å². The van der Waals surface area contributed by atoms with Gasteiger partial charge in [0.15, 0.2) is 0 Å². The zero-order chi connectivity index (χ0) is 26.4. The SMILES string of the molecule is CCCCN(CCCC)C(=O)CN1C[C@H](c2ccc3c(c2)CCO3)[C@@H](C(=O)O)[C@@H]1CCN1CCCC1=O. The number of likely N-dealkylation sites (tertiary alicyclic amines) is 2. The van der Waals surface area contributed by atoms with Crippen molar-refractivity contribution in [2.24, 2.45) is 5.92 Å². The van der Waals surface area contributed by atoms with Crippen molar-refractivity contribution < 1.29 is 24.2 Å². The Morgan fingerprint density at radius 1 is 1.14 bits per heavy atom. The monoisotopic (exact) mass is 513 g/mol.